The Bertz CT molecular complexity index is 710. The van der Waals surface area contributed by atoms with Crippen LogP contribution in [-0.4, -0.2) is 48.7 Å². The monoisotopic (exact) mass is 331 g/mol. The molecule has 3 rings (SSSR count). The van der Waals surface area contributed by atoms with Crippen LogP contribution in [0.3, 0.4) is 0 Å². The Morgan fingerprint density at radius 2 is 1.88 bits per heavy atom. The van der Waals surface area contributed by atoms with Gasteiger partial charge in [0.15, 0.2) is 0 Å². The smallest absolute Gasteiger partial charge is 0.326 e. The zero-order chi connectivity index (χ0) is 17.3. The summed E-state index contributed by atoms with van der Waals surface area (Å²) in [6, 6.07) is 2.96. The molecule has 1 amide bonds. The van der Waals surface area contributed by atoms with Crippen LogP contribution < -0.4 is 9.47 Å². The molecule has 0 saturated carbocycles. The van der Waals surface area contributed by atoms with Crippen LogP contribution in [0.1, 0.15) is 30.4 Å². The van der Waals surface area contributed by atoms with Crippen molar-refractivity contribution in [2.45, 2.75) is 31.7 Å². The number of ether oxygens (including phenoxy) is 2. The number of carboxylic acids is 1. The Morgan fingerprint density at radius 1 is 1.17 bits per heavy atom. The summed E-state index contributed by atoms with van der Waals surface area (Å²) in [6.07, 6.45) is 4.29. The third-order valence-electron chi connectivity index (χ3n) is 4.75. The lowest BCUT2D eigenvalue weighted by atomic mass is 9.90. The van der Waals surface area contributed by atoms with Gasteiger partial charge in [-0.2, -0.15) is 0 Å². The fourth-order valence-corrected chi connectivity index (χ4v) is 3.53. The van der Waals surface area contributed by atoms with Crippen LogP contribution in [0.25, 0.3) is 6.08 Å². The van der Waals surface area contributed by atoms with Crippen molar-refractivity contribution in [3.05, 3.63) is 28.8 Å². The molecule has 1 saturated heterocycles. The number of rotatable bonds is 4. The second-order valence-corrected chi connectivity index (χ2v) is 6.03. The van der Waals surface area contributed by atoms with Gasteiger partial charge in [-0.15, -0.1) is 0 Å². The standard InChI is InChI=1S/C18H21NO5/c1-23-15-7-8-16(24-2)13-10-11(5-6-12(13)15)17(20)19-9-3-4-14(19)18(21)22/h7-8,10,14H,3-6,9H2,1-2H3,(H,21,22). The highest BCUT2D eigenvalue weighted by molar-refractivity contribution is 6.01. The summed E-state index contributed by atoms with van der Waals surface area (Å²) in [5.41, 5.74) is 2.49. The highest BCUT2D eigenvalue weighted by Gasteiger charge is 2.36. The molecule has 6 heteroatoms. The number of carboxylic acid groups (broad SMARTS) is 1. The maximum absolute atomic E-state index is 12.8. The molecule has 6 nitrogen and oxygen atoms in total. The lowest BCUT2D eigenvalue weighted by Gasteiger charge is -2.26. The van der Waals surface area contributed by atoms with Crippen molar-refractivity contribution >= 4 is 18.0 Å². The fourth-order valence-electron chi connectivity index (χ4n) is 3.53. The maximum atomic E-state index is 12.8. The van der Waals surface area contributed by atoms with Gasteiger partial charge in [-0.3, -0.25) is 4.79 Å². The number of fused-ring (bicyclic) bond motifs is 1. The van der Waals surface area contributed by atoms with E-state index in [4.69, 9.17) is 9.47 Å². The average Bonchev–Trinajstić information content (AvgIpc) is 3.09. The number of likely N-dealkylation sites (tertiary alicyclic amines) is 1. The van der Waals surface area contributed by atoms with Crippen molar-refractivity contribution in [3.8, 4) is 11.5 Å². The predicted octanol–water partition coefficient (Wildman–Crippen LogP) is 2.11. The van der Waals surface area contributed by atoms with Crippen LogP contribution in [0.2, 0.25) is 0 Å². The minimum Gasteiger partial charge on any atom is -0.496 e. The van der Waals surface area contributed by atoms with E-state index in [9.17, 15) is 14.7 Å². The van der Waals surface area contributed by atoms with E-state index in [0.29, 0.717) is 37.1 Å². The number of amides is 1. The summed E-state index contributed by atoms with van der Waals surface area (Å²) in [5, 5.41) is 9.29. The number of aliphatic carboxylic acids is 1. The van der Waals surface area contributed by atoms with E-state index in [1.54, 1.807) is 14.2 Å². The molecule has 0 radical (unpaired) electrons. The summed E-state index contributed by atoms with van der Waals surface area (Å²) >= 11 is 0. The van der Waals surface area contributed by atoms with Crippen LogP contribution >= 0.6 is 0 Å². The van der Waals surface area contributed by atoms with Crippen LogP contribution in [0.15, 0.2) is 17.7 Å². The molecule has 1 aromatic carbocycles. The Hall–Kier alpha value is -2.50. The Balaban J connectivity index is 1.95. The van der Waals surface area contributed by atoms with Gasteiger partial charge in [-0.05, 0) is 43.9 Å². The number of hydrogen-bond acceptors (Lipinski definition) is 4. The van der Waals surface area contributed by atoms with Crippen LogP contribution in [0.4, 0.5) is 0 Å². The number of methoxy groups -OCH3 is 2. The average molecular weight is 331 g/mol. The zero-order valence-corrected chi connectivity index (χ0v) is 13.9. The van der Waals surface area contributed by atoms with Crippen molar-refractivity contribution < 1.29 is 24.2 Å². The molecule has 0 bridgehead atoms. The first-order valence-electron chi connectivity index (χ1n) is 8.05. The third kappa shape index (κ3) is 2.72. The minimum absolute atomic E-state index is 0.185. The predicted molar refractivity (Wildman–Crippen MR) is 88.2 cm³/mol. The van der Waals surface area contributed by atoms with Crippen LogP contribution in [0, 0.1) is 0 Å². The highest BCUT2D eigenvalue weighted by Crippen LogP contribution is 2.38. The van der Waals surface area contributed by atoms with Crippen molar-refractivity contribution in [3.63, 3.8) is 0 Å². The molecule has 1 N–H and O–H groups in total. The number of carbonyl (C=O) groups excluding carboxylic acids is 1. The first-order chi connectivity index (χ1) is 11.6. The van der Waals surface area contributed by atoms with E-state index in [1.165, 1.54) is 4.90 Å². The fraction of sp³-hybridized carbons (Fsp3) is 0.444. The molecule has 24 heavy (non-hydrogen) atoms. The topological polar surface area (TPSA) is 76.1 Å². The molecule has 2 aliphatic rings. The molecule has 0 aromatic heterocycles. The first kappa shape index (κ1) is 16.4. The second kappa shape index (κ2) is 6.55. The van der Waals surface area contributed by atoms with Gasteiger partial charge in [-0.1, -0.05) is 0 Å². The van der Waals surface area contributed by atoms with Crippen LogP contribution in [-0.2, 0) is 16.0 Å². The van der Waals surface area contributed by atoms with E-state index in [1.807, 2.05) is 18.2 Å². The molecule has 0 spiro atoms. The van der Waals surface area contributed by atoms with Crippen molar-refractivity contribution in [1.82, 2.24) is 4.90 Å². The van der Waals surface area contributed by atoms with Gasteiger partial charge < -0.3 is 19.5 Å². The Labute approximate surface area is 140 Å². The molecule has 1 aliphatic carbocycles. The quantitative estimate of drug-likeness (QED) is 0.914. The van der Waals surface area contributed by atoms with Gasteiger partial charge in [0.2, 0.25) is 0 Å². The zero-order valence-electron chi connectivity index (χ0n) is 13.9. The molecule has 1 heterocycles. The van der Waals surface area contributed by atoms with Crippen LogP contribution in [0.5, 0.6) is 11.5 Å². The van der Waals surface area contributed by atoms with E-state index in [0.717, 1.165) is 23.3 Å². The highest BCUT2D eigenvalue weighted by atomic mass is 16.5. The van der Waals surface area contributed by atoms with Crippen molar-refractivity contribution in [2.24, 2.45) is 0 Å². The summed E-state index contributed by atoms with van der Waals surface area (Å²) < 4.78 is 10.8. The van der Waals surface area contributed by atoms with E-state index >= 15 is 0 Å². The molecule has 1 aliphatic heterocycles. The van der Waals surface area contributed by atoms with Gasteiger partial charge in [-0.25, -0.2) is 4.79 Å². The van der Waals surface area contributed by atoms with E-state index in [-0.39, 0.29) is 5.91 Å². The molecule has 128 valence electrons. The summed E-state index contributed by atoms with van der Waals surface area (Å²) in [5.74, 6) is 0.345. The number of hydrogen-bond donors (Lipinski definition) is 1. The molecule has 1 unspecified atom stereocenters. The molecule has 1 atom stereocenters. The Morgan fingerprint density at radius 3 is 2.54 bits per heavy atom. The van der Waals surface area contributed by atoms with Crippen molar-refractivity contribution in [2.75, 3.05) is 20.8 Å². The normalized spacial score (nSPS) is 19.5. The third-order valence-corrected chi connectivity index (χ3v) is 4.75. The number of nitrogens with zero attached hydrogens (tertiary/aromatic N) is 1. The van der Waals surface area contributed by atoms with Gasteiger partial charge >= 0.3 is 5.97 Å². The lowest BCUT2D eigenvalue weighted by molar-refractivity contribution is -0.146. The summed E-state index contributed by atoms with van der Waals surface area (Å²) in [4.78, 5) is 25.6. The molecule has 1 fully saturated rings. The van der Waals surface area contributed by atoms with Gasteiger partial charge in [0.05, 0.1) is 14.2 Å². The molecular weight excluding hydrogens is 310 g/mol. The van der Waals surface area contributed by atoms with Gasteiger partial charge in [0.25, 0.3) is 5.91 Å². The molecule has 1 aromatic rings. The Kier molecular flexibility index (Phi) is 4.46. The minimum atomic E-state index is -0.933. The number of benzene rings is 1. The SMILES string of the molecule is COc1ccc(OC)c2c1C=C(C(=O)N1CCCC1C(=O)O)CC2. The van der Waals surface area contributed by atoms with Gasteiger partial charge in [0.1, 0.15) is 17.5 Å². The van der Waals surface area contributed by atoms with Gasteiger partial charge in [0, 0.05) is 23.2 Å². The lowest BCUT2D eigenvalue weighted by Crippen LogP contribution is -2.41. The van der Waals surface area contributed by atoms with E-state index in [2.05, 4.69) is 0 Å². The largest absolute Gasteiger partial charge is 0.496 e. The second-order valence-electron chi connectivity index (χ2n) is 6.03. The van der Waals surface area contributed by atoms with Crippen molar-refractivity contribution in [1.29, 1.82) is 0 Å². The maximum Gasteiger partial charge on any atom is 0.326 e. The summed E-state index contributed by atoms with van der Waals surface area (Å²) in [7, 11) is 3.21. The molecular formula is C18H21NO5. The summed E-state index contributed by atoms with van der Waals surface area (Å²) in [6.45, 7) is 0.495. The first-order valence-corrected chi connectivity index (χ1v) is 8.05. The number of carbonyl (C=O) groups is 2. The van der Waals surface area contributed by atoms with E-state index < -0.39 is 12.0 Å².